The summed E-state index contributed by atoms with van der Waals surface area (Å²) < 4.78 is 0. The molecule has 5 N–H and O–H groups in total. The van der Waals surface area contributed by atoms with E-state index in [9.17, 15) is 24.3 Å². The van der Waals surface area contributed by atoms with Crippen molar-refractivity contribution < 1.29 is 14.7 Å². The summed E-state index contributed by atoms with van der Waals surface area (Å²) in [6.45, 7) is 3.87. The van der Waals surface area contributed by atoms with Gasteiger partial charge in [-0.2, -0.15) is 0 Å². The average Bonchev–Trinajstić information content (AvgIpc) is 2.82. The van der Waals surface area contributed by atoms with Gasteiger partial charge in [0, 0.05) is 26.0 Å². The largest absolute Gasteiger partial charge is 0.505 e. The molecular weight excluding hydrogens is 426 g/mol. The number of rotatable bonds is 9. The van der Waals surface area contributed by atoms with Crippen LogP contribution in [0.5, 0.6) is 5.75 Å². The molecule has 172 valence electrons. The highest BCUT2D eigenvalue weighted by Crippen LogP contribution is 2.31. The third kappa shape index (κ3) is 5.00. The molecule has 0 aliphatic rings. The number of carbonyl (C=O) groups excluding carboxylic acids is 2. The maximum absolute atomic E-state index is 12.8. The van der Waals surface area contributed by atoms with Crippen molar-refractivity contribution in [1.29, 1.82) is 0 Å². The molecule has 10 heteroatoms. The topological polar surface area (TPSA) is 150 Å². The maximum atomic E-state index is 12.8. The van der Waals surface area contributed by atoms with Gasteiger partial charge >= 0.3 is 0 Å². The number of hydrogen-bond acceptors (Lipinski definition) is 8. The number of nitrogens with one attached hydrogen (secondary N) is 4. The molecule has 0 radical (unpaired) electrons. The van der Waals surface area contributed by atoms with Crippen molar-refractivity contribution in [2.75, 3.05) is 17.7 Å². The summed E-state index contributed by atoms with van der Waals surface area (Å²) in [5.74, 6) is -1.44. The zero-order chi connectivity index (χ0) is 24.1. The van der Waals surface area contributed by atoms with Crippen LogP contribution in [0.2, 0.25) is 0 Å². The normalized spacial score (nSPS) is 11.8. The molecule has 2 aromatic carbocycles. The van der Waals surface area contributed by atoms with Crippen molar-refractivity contribution in [2.45, 2.75) is 26.4 Å². The fraction of sp³-hybridized carbons (Fsp3) is 0.261. The number of benzene rings is 1. The molecule has 0 bridgehead atoms. The van der Waals surface area contributed by atoms with Gasteiger partial charge in [-0.3, -0.25) is 24.2 Å². The summed E-state index contributed by atoms with van der Waals surface area (Å²) in [6, 6.07) is 7.19. The number of pyridine rings is 1. The van der Waals surface area contributed by atoms with E-state index < -0.39 is 22.8 Å². The van der Waals surface area contributed by atoms with Gasteiger partial charge in [-0.05, 0) is 29.7 Å². The lowest BCUT2D eigenvalue weighted by Crippen LogP contribution is -2.47. The van der Waals surface area contributed by atoms with E-state index in [0.717, 1.165) is 5.56 Å². The Morgan fingerprint density at radius 2 is 1.79 bits per heavy atom. The van der Waals surface area contributed by atoms with Crippen molar-refractivity contribution in [2.24, 2.45) is 5.92 Å². The predicted molar refractivity (Wildman–Crippen MR) is 124 cm³/mol. The van der Waals surface area contributed by atoms with Gasteiger partial charge in [-0.15, -0.1) is 0 Å². The molecule has 0 saturated carbocycles. The molecule has 0 spiro atoms. The Bertz CT molecular complexity index is 1230. The van der Waals surface area contributed by atoms with Crippen LogP contribution in [-0.4, -0.2) is 35.0 Å². The Kier molecular flexibility index (Phi) is 7.07. The van der Waals surface area contributed by atoms with E-state index in [1.54, 1.807) is 32.3 Å². The molecule has 2 amide bonds. The van der Waals surface area contributed by atoms with Gasteiger partial charge in [0.25, 0.3) is 16.8 Å². The fourth-order valence-corrected chi connectivity index (χ4v) is 3.24. The van der Waals surface area contributed by atoms with Gasteiger partial charge in [0.1, 0.15) is 17.4 Å². The van der Waals surface area contributed by atoms with Crippen LogP contribution in [-0.2, 0) is 11.3 Å². The molecular formula is C23H25N5O5. The standard InChI is InChI=1S/C23H25N5O5/c1-12(2)16(23(33)26-11-13-6-5-9-25-10-13)28-18-17(20(30)21(18)31)27-15-8-4-7-14(19(15)29)22(32)24-3/h4-10,12,16,27-29H,11H2,1-3H3,(H,24,32)(H,26,33)/t16-/m1/s1. The molecule has 0 saturated heterocycles. The van der Waals surface area contributed by atoms with E-state index >= 15 is 0 Å². The minimum absolute atomic E-state index is 0.00513. The van der Waals surface area contributed by atoms with E-state index in [2.05, 4.69) is 26.3 Å². The third-order valence-corrected chi connectivity index (χ3v) is 5.12. The van der Waals surface area contributed by atoms with Crippen LogP contribution < -0.4 is 32.1 Å². The van der Waals surface area contributed by atoms with Crippen molar-refractivity contribution in [3.8, 4) is 5.75 Å². The molecule has 0 aliphatic heterocycles. The average molecular weight is 451 g/mol. The van der Waals surface area contributed by atoms with Gasteiger partial charge in [-0.1, -0.05) is 26.0 Å². The number of amides is 2. The second-order valence-corrected chi connectivity index (χ2v) is 7.76. The minimum Gasteiger partial charge on any atom is -0.505 e. The molecule has 0 fully saturated rings. The first-order valence-corrected chi connectivity index (χ1v) is 10.3. The fourth-order valence-electron chi connectivity index (χ4n) is 3.24. The van der Waals surface area contributed by atoms with Crippen LogP contribution in [0.15, 0.2) is 52.3 Å². The van der Waals surface area contributed by atoms with Crippen molar-refractivity contribution in [3.05, 3.63) is 74.3 Å². The molecule has 1 aromatic heterocycles. The van der Waals surface area contributed by atoms with Crippen LogP contribution in [0, 0.1) is 5.92 Å². The summed E-state index contributed by atoms with van der Waals surface area (Å²) in [5, 5.41) is 21.2. The highest BCUT2D eigenvalue weighted by atomic mass is 16.3. The summed E-state index contributed by atoms with van der Waals surface area (Å²) in [5.41, 5.74) is -0.809. The lowest BCUT2D eigenvalue weighted by molar-refractivity contribution is -0.122. The number of aromatic nitrogens is 1. The minimum atomic E-state index is -0.795. The van der Waals surface area contributed by atoms with Crippen LogP contribution in [0.3, 0.4) is 0 Å². The number of hydrogen-bond donors (Lipinski definition) is 5. The summed E-state index contributed by atoms with van der Waals surface area (Å²) >= 11 is 0. The van der Waals surface area contributed by atoms with Crippen molar-refractivity contribution >= 4 is 28.9 Å². The summed E-state index contributed by atoms with van der Waals surface area (Å²) in [6.07, 6.45) is 3.27. The van der Waals surface area contributed by atoms with Gasteiger partial charge in [0.05, 0.1) is 11.3 Å². The highest BCUT2D eigenvalue weighted by molar-refractivity contribution is 5.99. The molecule has 10 nitrogen and oxygen atoms in total. The molecule has 3 aromatic rings. The SMILES string of the molecule is CNC(=O)c1cccc(Nc2c(N[C@@H](C(=O)NCc3cccnc3)C(C)C)c(=O)c2=O)c1O. The van der Waals surface area contributed by atoms with Gasteiger partial charge < -0.3 is 26.4 Å². The molecule has 1 atom stereocenters. The first-order valence-electron chi connectivity index (χ1n) is 10.3. The molecule has 0 unspecified atom stereocenters. The number of phenolic OH excluding ortho intramolecular Hbond substituents is 1. The monoisotopic (exact) mass is 451 g/mol. The lowest BCUT2D eigenvalue weighted by atomic mass is 10.0. The first-order chi connectivity index (χ1) is 15.7. The third-order valence-electron chi connectivity index (χ3n) is 5.12. The van der Waals surface area contributed by atoms with Gasteiger partial charge in [-0.25, -0.2) is 0 Å². The van der Waals surface area contributed by atoms with E-state index in [1.165, 1.54) is 25.2 Å². The Balaban J connectivity index is 1.80. The van der Waals surface area contributed by atoms with Gasteiger partial charge in [0.2, 0.25) is 5.91 Å². The number of nitrogens with zero attached hydrogens (tertiary/aromatic N) is 1. The Morgan fingerprint density at radius 3 is 2.42 bits per heavy atom. The number of anilines is 3. The van der Waals surface area contributed by atoms with Crippen LogP contribution in [0.25, 0.3) is 0 Å². The maximum Gasteiger partial charge on any atom is 0.254 e. The second kappa shape index (κ2) is 9.94. The zero-order valence-electron chi connectivity index (χ0n) is 18.4. The quantitative estimate of drug-likeness (QED) is 0.241. The molecule has 1 heterocycles. The summed E-state index contributed by atoms with van der Waals surface area (Å²) in [4.78, 5) is 53.1. The molecule has 0 aliphatic carbocycles. The Labute approximate surface area is 189 Å². The van der Waals surface area contributed by atoms with Crippen molar-refractivity contribution in [1.82, 2.24) is 15.6 Å². The second-order valence-electron chi connectivity index (χ2n) is 7.76. The van der Waals surface area contributed by atoms with E-state index in [1.807, 2.05) is 6.07 Å². The number of aromatic hydroxyl groups is 1. The van der Waals surface area contributed by atoms with Crippen LogP contribution in [0.4, 0.5) is 17.1 Å². The number of phenols is 1. The first kappa shape index (κ1) is 23.5. The Hall–Kier alpha value is -4.21. The Morgan fingerprint density at radius 1 is 1.06 bits per heavy atom. The van der Waals surface area contributed by atoms with Crippen LogP contribution >= 0.6 is 0 Å². The molecule has 33 heavy (non-hydrogen) atoms. The van der Waals surface area contributed by atoms with E-state index in [4.69, 9.17) is 0 Å². The number of carbonyl (C=O) groups is 2. The van der Waals surface area contributed by atoms with E-state index in [-0.39, 0.29) is 46.7 Å². The van der Waals surface area contributed by atoms with Crippen LogP contribution in [0.1, 0.15) is 29.8 Å². The number of para-hydroxylation sites is 1. The molecule has 3 rings (SSSR count). The smallest absolute Gasteiger partial charge is 0.254 e. The lowest BCUT2D eigenvalue weighted by Gasteiger charge is -2.25. The highest BCUT2D eigenvalue weighted by Gasteiger charge is 2.29. The van der Waals surface area contributed by atoms with E-state index in [0.29, 0.717) is 0 Å². The van der Waals surface area contributed by atoms with Gasteiger partial charge in [0.15, 0.2) is 5.75 Å². The zero-order valence-corrected chi connectivity index (χ0v) is 18.4. The van der Waals surface area contributed by atoms with Crippen molar-refractivity contribution in [3.63, 3.8) is 0 Å². The predicted octanol–water partition coefficient (Wildman–Crippen LogP) is 1.24. The summed E-state index contributed by atoms with van der Waals surface area (Å²) in [7, 11) is 1.42.